The van der Waals surface area contributed by atoms with Crippen molar-refractivity contribution in [2.75, 3.05) is 0 Å². The fourth-order valence-corrected chi connectivity index (χ4v) is 2.73. The van der Waals surface area contributed by atoms with Gasteiger partial charge in [0.25, 0.3) is 5.69 Å². The second-order valence-electron chi connectivity index (χ2n) is 5.12. The molecule has 20 heavy (non-hydrogen) atoms. The van der Waals surface area contributed by atoms with Crippen LogP contribution in [0.25, 0.3) is 0 Å². The Morgan fingerprint density at radius 2 is 2.00 bits per heavy atom. The van der Waals surface area contributed by atoms with Gasteiger partial charge in [-0.2, -0.15) is 0 Å². The zero-order chi connectivity index (χ0) is 14.7. The van der Waals surface area contributed by atoms with Crippen LogP contribution in [0.2, 0.25) is 0 Å². The van der Waals surface area contributed by atoms with E-state index in [2.05, 4.69) is 0 Å². The SMILES string of the molecule is O=C(CC1CCC(C(=O)O)C1)c1ccccc1[N+](=O)[O-]. The second kappa shape index (κ2) is 5.81. The number of aliphatic carboxylic acids is 1. The van der Waals surface area contributed by atoms with Gasteiger partial charge in [0.1, 0.15) is 0 Å². The lowest BCUT2D eigenvalue weighted by molar-refractivity contribution is -0.385. The van der Waals surface area contributed by atoms with Crippen LogP contribution in [-0.4, -0.2) is 21.8 Å². The number of nitro benzene ring substituents is 1. The van der Waals surface area contributed by atoms with Crippen molar-refractivity contribution >= 4 is 17.4 Å². The van der Waals surface area contributed by atoms with E-state index in [9.17, 15) is 19.7 Å². The Hall–Kier alpha value is -2.24. The Morgan fingerprint density at radius 1 is 1.30 bits per heavy atom. The first-order chi connectivity index (χ1) is 9.49. The van der Waals surface area contributed by atoms with Crippen molar-refractivity contribution < 1.29 is 19.6 Å². The number of carbonyl (C=O) groups is 2. The minimum absolute atomic E-state index is 0.00316. The highest BCUT2D eigenvalue weighted by atomic mass is 16.6. The molecule has 2 atom stereocenters. The van der Waals surface area contributed by atoms with Crippen LogP contribution < -0.4 is 0 Å². The van der Waals surface area contributed by atoms with Gasteiger partial charge >= 0.3 is 5.97 Å². The highest BCUT2D eigenvalue weighted by Gasteiger charge is 2.32. The average Bonchev–Trinajstić information content (AvgIpc) is 2.87. The molecule has 1 saturated carbocycles. The number of nitrogens with zero attached hydrogens (tertiary/aromatic N) is 1. The lowest BCUT2D eigenvalue weighted by Gasteiger charge is -2.08. The fraction of sp³-hybridized carbons (Fsp3) is 0.429. The minimum Gasteiger partial charge on any atom is -0.481 e. The van der Waals surface area contributed by atoms with Crippen molar-refractivity contribution in [3.05, 3.63) is 39.9 Å². The maximum Gasteiger partial charge on any atom is 0.306 e. The van der Waals surface area contributed by atoms with Gasteiger partial charge in [-0.15, -0.1) is 0 Å². The van der Waals surface area contributed by atoms with E-state index in [-0.39, 0.29) is 29.4 Å². The molecule has 1 aromatic rings. The molecule has 1 N–H and O–H groups in total. The third-order valence-corrected chi connectivity index (χ3v) is 3.77. The first-order valence-corrected chi connectivity index (χ1v) is 6.48. The van der Waals surface area contributed by atoms with E-state index in [1.165, 1.54) is 18.2 Å². The van der Waals surface area contributed by atoms with E-state index in [1.807, 2.05) is 0 Å². The fourth-order valence-electron chi connectivity index (χ4n) is 2.73. The van der Waals surface area contributed by atoms with Gasteiger partial charge in [0.05, 0.1) is 16.4 Å². The molecule has 0 bridgehead atoms. The van der Waals surface area contributed by atoms with Gasteiger partial charge in [-0.1, -0.05) is 12.1 Å². The molecule has 1 fully saturated rings. The highest BCUT2D eigenvalue weighted by Crippen LogP contribution is 2.34. The predicted molar refractivity (Wildman–Crippen MR) is 70.5 cm³/mol. The standard InChI is InChI=1S/C14H15NO5/c16-13(8-9-5-6-10(7-9)14(17)18)11-3-1-2-4-12(11)15(19)20/h1-4,9-10H,5-8H2,(H,17,18). The second-order valence-corrected chi connectivity index (χ2v) is 5.12. The third-order valence-electron chi connectivity index (χ3n) is 3.77. The van der Waals surface area contributed by atoms with Crippen LogP contribution in [0.4, 0.5) is 5.69 Å². The molecule has 2 rings (SSSR count). The van der Waals surface area contributed by atoms with E-state index in [0.717, 1.165) is 0 Å². The summed E-state index contributed by atoms with van der Waals surface area (Å²) in [6, 6.07) is 5.87. The first-order valence-electron chi connectivity index (χ1n) is 6.48. The summed E-state index contributed by atoms with van der Waals surface area (Å²) in [5, 5.41) is 19.8. The molecule has 1 aliphatic carbocycles. The van der Waals surface area contributed by atoms with Crippen LogP contribution >= 0.6 is 0 Å². The number of para-hydroxylation sites is 1. The summed E-state index contributed by atoms with van der Waals surface area (Å²) in [5.41, 5.74) is -0.0819. The monoisotopic (exact) mass is 277 g/mol. The number of hydrogen-bond acceptors (Lipinski definition) is 4. The summed E-state index contributed by atoms with van der Waals surface area (Å²) in [5.74, 6) is -1.50. The number of carbonyl (C=O) groups excluding carboxylic acids is 1. The number of Topliss-reactive ketones (excluding diaryl/α,β-unsaturated/α-hetero) is 1. The minimum atomic E-state index is -0.828. The molecule has 1 aliphatic rings. The summed E-state index contributed by atoms with van der Waals surface area (Å²) in [4.78, 5) is 33.3. The number of carboxylic acids is 1. The molecule has 6 nitrogen and oxygen atoms in total. The van der Waals surface area contributed by atoms with E-state index in [0.29, 0.717) is 19.3 Å². The number of benzene rings is 1. The van der Waals surface area contributed by atoms with Gasteiger partial charge in [0.15, 0.2) is 5.78 Å². The van der Waals surface area contributed by atoms with Gasteiger partial charge in [-0.25, -0.2) is 0 Å². The Labute approximate surface area is 115 Å². The molecule has 0 amide bonds. The van der Waals surface area contributed by atoms with Crippen LogP contribution in [0.3, 0.4) is 0 Å². The van der Waals surface area contributed by atoms with Crippen LogP contribution in [-0.2, 0) is 4.79 Å². The maximum atomic E-state index is 12.2. The summed E-state index contributed by atoms with van der Waals surface area (Å²) in [6.45, 7) is 0. The van der Waals surface area contributed by atoms with Crippen molar-refractivity contribution in [3.63, 3.8) is 0 Å². The highest BCUT2D eigenvalue weighted by molar-refractivity contribution is 5.99. The summed E-state index contributed by atoms with van der Waals surface area (Å²) < 4.78 is 0. The summed E-state index contributed by atoms with van der Waals surface area (Å²) in [6.07, 6.45) is 1.91. The Kier molecular flexibility index (Phi) is 4.12. The van der Waals surface area contributed by atoms with Crippen LogP contribution in [0.15, 0.2) is 24.3 Å². The van der Waals surface area contributed by atoms with Crippen molar-refractivity contribution in [1.29, 1.82) is 0 Å². The van der Waals surface area contributed by atoms with Gasteiger partial charge in [-0.05, 0) is 31.2 Å². The number of rotatable bonds is 5. The molecular weight excluding hydrogens is 262 g/mol. The Morgan fingerprint density at radius 3 is 2.60 bits per heavy atom. The Balaban J connectivity index is 2.06. The van der Waals surface area contributed by atoms with E-state index in [4.69, 9.17) is 5.11 Å². The third kappa shape index (κ3) is 3.01. The molecule has 0 saturated heterocycles. The zero-order valence-electron chi connectivity index (χ0n) is 10.8. The predicted octanol–water partition coefficient (Wildman–Crippen LogP) is 2.67. The van der Waals surface area contributed by atoms with Crippen LogP contribution in [0, 0.1) is 22.0 Å². The van der Waals surface area contributed by atoms with Gasteiger partial charge in [-0.3, -0.25) is 19.7 Å². The van der Waals surface area contributed by atoms with Crippen molar-refractivity contribution in [2.24, 2.45) is 11.8 Å². The zero-order valence-corrected chi connectivity index (χ0v) is 10.8. The molecule has 2 unspecified atom stereocenters. The van der Waals surface area contributed by atoms with E-state index < -0.39 is 16.8 Å². The molecule has 6 heteroatoms. The topological polar surface area (TPSA) is 97.5 Å². The molecule has 0 heterocycles. The smallest absolute Gasteiger partial charge is 0.306 e. The lowest BCUT2D eigenvalue weighted by atomic mass is 9.95. The number of ketones is 1. The van der Waals surface area contributed by atoms with Crippen LogP contribution in [0.1, 0.15) is 36.0 Å². The van der Waals surface area contributed by atoms with Gasteiger partial charge < -0.3 is 5.11 Å². The molecule has 0 radical (unpaired) electrons. The summed E-state index contributed by atoms with van der Waals surface area (Å²) >= 11 is 0. The van der Waals surface area contributed by atoms with Crippen molar-refractivity contribution in [3.8, 4) is 0 Å². The number of hydrogen-bond donors (Lipinski definition) is 1. The molecular formula is C14H15NO5. The van der Waals surface area contributed by atoms with Crippen LogP contribution in [0.5, 0.6) is 0 Å². The van der Waals surface area contributed by atoms with Gasteiger partial charge in [0, 0.05) is 12.5 Å². The maximum absolute atomic E-state index is 12.2. The average molecular weight is 277 g/mol. The lowest BCUT2D eigenvalue weighted by Crippen LogP contribution is -2.12. The number of carboxylic acid groups (broad SMARTS) is 1. The molecule has 0 aliphatic heterocycles. The molecule has 0 aromatic heterocycles. The van der Waals surface area contributed by atoms with E-state index >= 15 is 0 Å². The normalized spacial score (nSPS) is 21.6. The Bertz CT molecular complexity index is 554. The quantitative estimate of drug-likeness (QED) is 0.507. The van der Waals surface area contributed by atoms with Crippen molar-refractivity contribution in [1.82, 2.24) is 0 Å². The largest absolute Gasteiger partial charge is 0.481 e. The van der Waals surface area contributed by atoms with E-state index in [1.54, 1.807) is 6.07 Å². The van der Waals surface area contributed by atoms with Crippen molar-refractivity contribution in [2.45, 2.75) is 25.7 Å². The summed E-state index contributed by atoms with van der Waals surface area (Å²) in [7, 11) is 0. The molecule has 1 aromatic carbocycles. The number of nitro groups is 1. The molecule has 0 spiro atoms. The first kappa shape index (κ1) is 14.2. The molecule has 106 valence electrons. The van der Waals surface area contributed by atoms with Gasteiger partial charge in [0.2, 0.25) is 0 Å².